The molecule has 2 aromatic rings. The number of thioether (sulfide) groups is 1. The number of carbonyl (C=O) groups excluding carboxylic acids is 1. The smallest absolute Gasteiger partial charge is 0.318 e. The first kappa shape index (κ1) is 12.9. The summed E-state index contributed by atoms with van der Waals surface area (Å²) in [4.78, 5) is 22.7. The number of hydrogen-bond donors (Lipinski definition) is 0. The summed E-state index contributed by atoms with van der Waals surface area (Å²) in [6, 6.07) is 0. The van der Waals surface area contributed by atoms with E-state index < -0.39 is 0 Å². The summed E-state index contributed by atoms with van der Waals surface area (Å²) in [5.41, 5.74) is 1.39. The number of fused-ring (bicyclic) bond motifs is 3. The third kappa shape index (κ3) is 2.23. The molecule has 0 spiro atoms. The first-order valence-electron chi connectivity index (χ1n) is 6.20. The van der Waals surface area contributed by atoms with Crippen LogP contribution in [0.1, 0.15) is 23.8 Å². The van der Waals surface area contributed by atoms with Crippen molar-refractivity contribution in [3.8, 4) is 0 Å². The average molecular weight is 294 g/mol. The van der Waals surface area contributed by atoms with Gasteiger partial charge in [-0.3, -0.25) is 4.79 Å². The van der Waals surface area contributed by atoms with E-state index in [0.29, 0.717) is 0 Å². The summed E-state index contributed by atoms with van der Waals surface area (Å²) >= 11 is 3.22. The number of aromatic nitrogens is 2. The van der Waals surface area contributed by atoms with Crippen LogP contribution in [0.4, 0.5) is 0 Å². The first-order valence-corrected chi connectivity index (χ1v) is 7.90. The Hall–Kier alpha value is -1.14. The molecule has 0 radical (unpaired) electrons. The van der Waals surface area contributed by atoms with Gasteiger partial charge in [-0.2, -0.15) is 0 Å². The molecule has 1 aliphatic rings. The molecule has 0 saturated heterocycles. The van der Waals surface area contributed by atoms with Crippen LogP contribution in [0.15, 0.2) is 11.4 Å². The fraction of sp³-hybridized carbons (Fsp3) is 0.462. The molecular weight excluding hydrogens is 280 g/mol. The van der Waals surface area contributed by atoms with Gasteiger partial charge in [0, 0.05) is 10.3 Å². The van der Waals surface area contributed by atoms with Crippen LogP contribution in [0, 0.1) is 0 Å². The van der Waals surface area contributed by atoms with E-state index in [-0.39, 0.29) is 11.2 Å². The number of nitrogens with zero attached hydrogens (tertiary/aromatic N) is 2. The number of esters is 1. The van der Waals surface area contributed by atoms with E-state index in [9.17, 15) is 4.79 Å². The maximum Gasteiger partial charge on any atom is 0.318 e. The van der Waals surface area contributed by atoms with Crippen LogP contribution < -0.4 is 0 Å². The quantitative estimate of drug-likeness (QED) is 0.495. The Balaban J connectivity index is 2.01. The second-order valence-corrected chi connectivity index (χ2v) is 6.91. The van der Waals surface area contributed by atoms with Gasteiger partial charge < -0.3 is 4.74 Å². The summed E-state index contributed by atoms with van der Waals surface area (Å²) < 4.78 is 4.77. The van der Waals surface area contributed by atoms with E-state index in [4.69, 9.17) is 4.74 Å². The number of aryl methyl sites for hydroxylation is 2. The van der Waals surface area contributed by atoms with Gasteiger partial charge in [0.25, 0.3) is 0 Å². The van der Waals surface area contributed by atoms with Crippen molar-refractivity contribution in [1.82, 2.24) is 9.97 Å². The molecule has 2 aromatic heterocycles. The Morgan fingerprint density at radius 1 is 1.47 bits per heavy atom. The predicted octanol–water partition coefficient (Wildman–Crippen LogP) is 2.83. The molecule has 3 rings (SSSR count). The number of ether oxygens (including phenoxy) is 1. The van der Waals surface area contributed by atoms with Crippen molar-refractivity contribution < 1.29 is 9.53 Å². The minimum absolute atomic E-state index is 0.219. The van der Waals surface area contributed by atoms with Crippen molar-refractivity contribution in [2.45, 2.75) is 36.5 Å². The molecule has 1 aliphatic carbocycles. The van der Waals surface area contributed by atoms with Crippen molar-refractivity contribution in [1.29, 1.82) is 0 Å². The molecule has 6 heteroatoms. The topological polar surface area (TPSA) is 52.1 Å². The van der Waals surface area contributed by atoms with E-state index in [1.54, 1.807) is 17.7 Å². The molecule has 4 nitrogen and oxygen atoms in total. The van der Waals surface area contributed by atoms with Gasteiger partial charge in [0.2, 0.25) is 0 Å². The molecule has 0 N–H and O–H groups in total. The molecule has 0 amide bonds. The molecule has 2 heterocycles. The Morgan fingerprint density at radius 3 is 3.11 bits per heavy atom. The molecule has 1 unspecified atom stereocenters. The van der Waals surface area contributed by atoms with Gasteiger partial charge in [0.1, 0.15) is 21.4 Å². The lowest BCUT2D eigenvalue weighted by Crippen LogP contribution is -2.14. The Kier molecular flexibility index (Phi) is 3.45. The zero-order valence-corrected chi connectivity index (χ0v) is 12.4. The standard InChI is InChI=1S/C13H14N2O2S2/c1-7(13(16)17-2)18-11-10-8-4-3-5-9(8)19-12(10)15-6-14-11/h6-7H,3-5H2,1-2H3. The Labute approximate surface area is 119 Å². The molecule has 0 aliphatic heterocycles. The largest absolute Gasteiger partial charge is 0.468 e. The third-order valence-electron chi connectivity index (χ3n) is 3.29. The maximum absolute atomic E-state index is 11.5. The van der Waals surface area contributed by atoms with Crippen LogP contribution in [-0.4, -0.2) is 28.3 Å². The van der Waals surface area contributed by atoms with Gasteiger partial charge in [-0.1, -0.05) is 11.8 Å². The molecule has 1 atom stereocenters. The summed E-state index contributed by atoms with van der Waals surface area (Å²) in [5.74, 6) is -0.219. The van der Waals surface area contributed by atoms with Crippen molar-refractivity contribution in [2.24, 2.45) is 0 Å². The number of carbonyl (C=O) groups is 1. The van der Waals surface area contributed by atoms with Crippen LogP contribution in [0.2, 0.25) is 0 Å². The van der Waals surface area contributed by atoms with Crippen molar-refractivity contribution in [3.63, 3.8) is 0 Å². The minimum Gasteiger partial charge on any atom is -0.468 e. The van der Waals surface area contributed by atoms with E-state index in [1.807, 2.05) is 6.92 Å². The van der Waals surface area contributed by atoms with E-state index in [1.165, 1.54) is 35.7 Å². The highest BCUT2D eigenvalue weighted by Crippen LogP contribution is 2.40. The Morgan fingerprint density at radius 2 is 2.32 bits per heavy atom. The fourth-order valence-corrected chi connectivity index (χ4v) is 4.64. The molecule has 19 heavy (non-hydrogen) atoms. The Bertz CT molecular complexity index is 639. The SMILES string of the molecule is COC(=O)C(C)Sc1ncnc2sc3c(c12)CCC3. The highest BCUT2D eigenvalue weighted by molar-refractivity contribution is 8.00. The zero-order chi connectivity index (χ0) is 13.4. The number of hydrogen-bond acceptors (Lipinski definition) is 6. The summed E-state index contributed by atoms with van der Waals surface area (Å²) in [6.07, 6.45) is 5.04. The maximum atomic E-state index is 11.5. The fourth-order valence-electron chi connectivity index (χ4n) is 2.37. The van der Waals surface area contributed by atoms with Crippen molar-refractivity contribution in [3.05, 3.63) is 16.8 Å². The number of thiophene rings is 1. The molecule has 0 aromatic carbocycles. The van der Waals surface area contributed by atoms with Gasteiger partial charge >= 0.3 is 5.97 Å². The van der Waals surface area contributed by atoms with Crippen LogP contribution in [-0.2, 0) is 22.4 Å². The van der Waals surface area contributed by atoms with Gasteiger partial charge in [-0.25, -0.2) is 9.97 Å². The van der Waals surface area contributed by atoms with Crippen LogP contribution in [0.5, 0.6) is 0 Å². The van der Waals surface area contributed by atoms with Gasteiger partial charge in [0.15, 0.2) is 0 Å². The van der Waals surface area contributed by atoms with Gasteiger partial charge in [-0.05, 0) is 31.7 Å². The normalized spacial score (nSPS) is 15.5. The van der Waals surface area contributed by atoms with Crippen LogP contribution in [0.3, 0.4) is 0 Å². The van der Waals surface area contributed by atoms with Crippen molar-refractivity contribution in [2.75, 3.05) is 7.11 Å². The lowest BCUT2D eigenvalue weighted by molar-refractivity contribution is -0.139. The second-order valence-electron chi connectivity index (χ2n) is 4.50. The zero-order valence-electron chi connectivity index (χ0n) is 10.8. The molecule has 0 bridgehead atoms. The monoisotopic (exact) mass is 294 g/mol. The highest BCUT2D eigenvalue weighted by atomic mass is 32.2. The van der Waals surface area contributed by atoms with Crippen LogP contribution >= 0.6 is 23.1 Å². The van der Waals surface area contributed by atoms with E-state index in [0.717, 1.165) is 28.1 Å². The number of methoxy groups -OCH3 is 1. The van der Waals surface area contributed by atoms with Gasteiger partial charge in [0.05, 0.1) is 7.11 Å². The van der Waals surface area contributed by atoms with E-state index >= 15 is 0 Å². The van der Waals surface area contributed by atoms with Gasteiger partial charge in [-0.15, -0.1) is 11.3 Å². The number of rotatable bonds is 3. The van der Waals surface area contributed by atoms with Crippen molar-refractivity contribution >= 4 is 39.3 Å². The first-order chi connectivity index (χ1) is 9.20. The molecule has 0 saturated carbocycles. The van der Waals surface area contributed by atoms with Crippen LogP contribution in [0.25, 0.3) is 10.2 Å². The third-order valence-corrected chi connectivity index (χ3v) is 5.57. The average Bonchev–Trinajstić information content (AvgIpc) is 2.97. The molecular formula is C13H14N2O2S2. The molecule has 100 valence electrons. The summed E-state index contributed by atoms with van der Waals surface area (Å²) in [6.45, 7) is 1.84. The minimum atomic E-state index is -0.250. The lowest BCUT2D eigenvalue weighted by Gasteiger charge is -2.09. The summed E-state index contributed by atoms with van der Waals surface area (Å²) in [7, 11) is 1.41. The summed E-state index contributed by atoms with van der Waals surface area (Å²) in [5, 5.41) is 1.81. The highest BCUT2D eigenvalue weighted by Gasteiger charge is 2.23. The predicted molar refractivity (Wildman–Crippen MR) is 76.8 cm³/mol. The second kappa shape index (κ2) is 5.09. The van der Waals surface area contributed by atoms with E-state index in [2.05, 4.69) is 9.97 Å². The molecule has 0 fully saturated rings. The lowest BCUT2D eigenvalue weighted by atomic mass is 10.2.